The molecule has 0 N–H and O–H groups in total. The molecule has 78 valence electrons. The molecule has 6 heteroatoms. The first-order valence-electron chi connectivity index (χ1n) is 3.98. The number of benzene rings is 1. The minimum absolute atomic E-state index is 0. The van der Waals surface area contributed by atoms with E-state index in [1.165, 1.54) is 26.4 Å². The zero-order valence-corrected chi connectivity index (χ0v) is 11.2. The van der Waals surface area contributed by atoms with Gasteiger partial charge < -0.3 is 19.4 Å². The molecular weight excluding hydrogens is 221 g/mol. The third kappa shape index (κ3) is 2.89. The number of nitrogens with zero attached hydrogens (tertiary/aromatic N) is 1. The van der Waals surface area contributed by atoms with E-state index in [1.807, 2.05) is 0 Å². The molecule has 0 fully saturated rings. The number of aromatic carboxylic acids is 1. The molecule has 0 bridgehead atoms. The predicted octanol–water partition coefficient (Wildman–Crippen LogP) is -2.38. The summed E-state index contributed by atoms with van der Waals surface area (Å²) in [6, 6.07) is 2.45. The van der Waals surface area contributed by atoms with Crippen LogP contribution in [0.1, 0.15) is 10.4 Å². The Kier molecular flexibility index (Phi) is 5.89. The molecule has 1 aromatic carbocycles. The molecule has 0 heterocycles. The van der Waals surface area contributed by atoms with Gasteiger partial charge in [0.1, 0.15) is 11.5 Å². The fraction of sp³-hybridized carbons (Fsp3) is 0.200. The first-order valence-corrected chi connectivity index (χ1v) is 3.98. The average Bonchev–Trinajstić information content (AvgIpc) is 2.26. The van der Waals surface area contributed by atoms with E-state index in [-0.39, 0.29) is 52.3 Å². The minimum atomic E-state index is -1.34. The quantitative estimate of drug-likeness (QED) is 0.429. The molecule has 0 amide bonds. The van der Waals surface area contributed by atoms with Crippen LogP contribution >= 0.6 is 0 Å². The van der Waals surface area contributed by atoms with E-state index in [4.69, 9.17) is 16.0 Å². The Morgan fingerprint density at radius 3 is 2.00 bits per heavy atom. The first kappa shape index (κ1) is 14.8. The van der Waals surface area contributed by atoms with Crippen molar-refractivity contribution in [1.29, 1.82) is 0 Å². The van der Waals surface area contributed by atoms with Crippen LogP contribution in [0, 0.1) is 6.57 Å². The fourth-order valence-corrected chi connectivity index (χ4v) is 1.12. The Hall–Kier alpha value is -1.22. The molecule has 0 aromatic heterocycles. The van der Waals surface area contributed by atoms with Crippen LogP contribution in [0.2, 0.25) is 0 Å². The summed E-state index contributed by atoms with van der Waals surface area (Å²) >= 11 is 0. The van der Waals surface area contributed by atoms with E-state index in [0.29, 0.717) is 0 Å². The third-order valence-electron chi connectivity index (χ3n) is 1.83. The van der Waals surface area contributed by atoms with E-state index in [2.05, 4.69) is 4.85 Å². The van der Waals surface area contributed by atoms with Crippen LogP contribution in [0.4, 0.5) is 5.69 Å². The Bertz CT molecular complexity index is 414. The number of hydrogen-bond donors (Lipinski definition) is 0. The summed E-state index contributed by atoms with van der Waals surface area (Å²) in [5, 5.41) is 10.6. The molecule has 0 aliphatic heterocycles. The van der Waals surface area contributed by atoms with Gasteiger partial charge in [0.25, 0.3) is 5.69 Å². The van der Waals surface area contributed by atoms with Gasteiger partial charge in [-0.25, -0.2) is 4.85 Å². The van der Waals surface area contributed by atoms with Crippen molar-refractivity contribution in [3.63, 3.8) is 0 Å². The number of methoxy groups -OCH3 is 2. The van der Waals surface area contributed by atoms with Crippen LogP contribution in [0.5, 0.6) is 11.5 Å². The van der Waals surface area contributed by atoms with Crippen LogP contribution in [0.15, 0.2) is 12.1 Å². The molecule has 1 aromatic rings. The fourth-order valence-electron chi connectivity index (χ4n) is 1.12. The second-order valence-corrected chi connectivity index (χ2v) is 2.63. The van der Waals surface area contributed by atoms with E-state index in [0.717, 1.165) is 0 Å². The number of hydrogen-bond acceptors (Lipinski definition) is 4. The number of carboxylic acid groups (broad SMARTS) is 1. The topological polar surface area (TPSA) is 63.0 Å². The molecule has 0 saturated heterocycles. The third-order valence-corrected chi connectivity index (χ3v) is 1.83. The molecule has 0 atom stereocenters. The number of carbonyl (C=O) groups excluding carboxylic acids is 1. The number of carbonyl (C=O) groups is 1. The summed E-state index contributed by atoms with van der Waals surface area (Å²) < 4.78 is 9.77. The predicted molar refractivity (Wildman–Crippen MR) is 50.1 cm³/mol. The van der Waals surface area contributed by atoms with Crippen molar-refractivity contribution < 1.29 is 48.9 Å². The second kappa shape index (κ2) is 6.38. The SMILES string of the molecule is [C-]#[N+]c1c(OC)cc(C(=O)[O-])cc1OC.[Na+]. The molecular formula is C10H8NNaO4. The Balaban J connectivity index is 0.00000225. The van der Waals surface area contributed by atoms with Gasteiger partial charge in [-0.3, -0.25) is 0 Å². The molecule has 0 spiro atoms. The number of carboxylic acids is 1. The van der Waals surface area contributed by atoms with Crippen molar-refractivity contribution in [2.24, 2.45) is 0 Å². The average molecular weight is 229 g/mol. The van der Waals surface area contributed by atoms with Gasteiger partial charge in [-0.2, -0.15) is 0 Å². The van der Waals surface area contributed by atoms with Crippen LogP contribution in [0.25, 0.3) is 4.85 Å². The Morgan fingerprint density at radius 1 is 1.31 bits per heavy atom. The largest absolute Gasteiger partial charge is 1.00 e. The van der Waals surface area contributed by atoms with Crippen molar-refractivity contribution in [1.82, 2.24) is 0 Å². The van der Waals surface area contributed by atoms with Crippen LogP contribution in [-0.2, 0) is 0 Å². The summed E-state index contributed by atoms with van der Waals surface area (Å²) in [4.78, 5) is 13.8. The molecule has 16 heavy (non-hydrogen) atoms. The molecule has 5 nitrogen and oxygen atoms in total. The summed E-state index contributed by atoms with van der Waals surface area (Å²) in [5.41, 5.74) is 0.0566. The van der Waals surface area contributed by atoms with E-state index in [1.54, 1.807) is 0 Å². The number of ether oxygens (including phenoxy) is 2. The second-order valence-electron chi connectivity index (χ2n) is 2.63. The molecule has 0 radical (unpaired) electrons. The van der Waals surface area contributed by atoms with Crippen LogP contribution in [0.3, 0.4) is 0 Å². The van der Waals surface area contributed by atoms with E-state index in [9.17, 15) is 9.90 Å². The molecule has 0 aliphatic rings. The molecule has 1 rings (SSSR count). The van der Waals surface area contributed by atoms with Gasteiger partial charge in [0.05, 0.1) is 26.8 Å². The van der Waals surface area contributed by atoms with Crippen LogP contribution < -0.4 is 44.1 Å². The van der Waals surface area contributed by atoms with Crippen molar-refractivity contribution in [2.75, 3.05) is 14.2 Å². The smallest absolute Gasteiger partial charge is 0.545 e. The summed E-state index contributed by atoms with van der Waals surface area (Å²) in [5.74, 6) is -1.03. The normalized spacial score (nSPS) is 8.56. The maximum Gasteiger partial charge on any atom is 1.00 e. The monoisotopic (exact) mass is 229 g/mol. The van der Waals surface area contributed by atoms with Crippen molar-refractivity contribution >= 4 is 11.7 Å². The minimum Gasteiger partial charge on any atom is -0.545 e. The summed E-state index contributed by atoms with van der Waals surface area (Å²) in [7, 11) is 2.70. The van der Waals surface area contributed by atoms with Gasteiger partial charge in [0, 0.05) is 5.56 Å². The van der Waals surface area contributed by atoms with Gasteiger partial charge in [-0.1, -0.05) is 0 Å². The van der Waals surface area contributed by atoms with Crippen molar-refractivity contribution in [2.45, 2.75) is 0 Å². The molecule has 0 unspecified atom stereocenters. The maximum atomic E-state index is 10.6. The Morgan fingerprint density at radius 2 is 1.75 bits per heavy atom. The van der Waals surface area contributed by atoms with Gasteiger partial charge in [0.15, 0.2) is 0 Å². The van der Waals surface area contributed by atoms with E-state index < -0.39 is 5.97 Å². The maximum absolute atomic E-state index is 10.6. The molecule has 0 aliphatic carbocycles. The summed E-state index contributed by atoms with van der Waals surface area (Å²) in [6.07, 6.45) is 0. The standard InChI is InChI=1S/C10H9NO4.Na/c1-11-9-7(14-2)4-6(10(12)13)5-8(9)15-3;/h4-5H,2-3H3,(H,12,13);/q;+1/p-1. The van der Waals surface area contributed by atoms with Gasteiger partial charge in [-0.05, 0) is 12.1 Å². The first-order chi connectivity index (χ1) is 7.13. The van der Waals surface area contributed by atoms with Crippen molar-refractivity contribution in [3.8, 4) is 11.5 Å². The van der Waals surface area contributed by atoms with E-state index >= 15 is 0 Å². The number of rotatable bonds is 3. The van der Waals surface area contributed by atoms with Crippen molar-refractivity contribution in [3.05, 3.63) is 29.1 Å². The zero-order chi connectivity index (χ0) is 11.4. The molecule has 0 saturated carbocycles. The zero-order valence-electron chi connectivity index (χ0n) is 9.23. The van der Waals surface area contributed by atoms with Gasteiger partial charge in [-0.15, -0.1) is 0 Å². The van der Waals surface area contributed by atoms with Gasteiger partial charge >= 0.3 is 29.6 Å². The Labute approximate surface area is 115 Å². The summed E-state index contributed by atoms with van der Waals surface area (Å²) in [6.45, 7) is 6.91. The van der Waals surface area contributed by atoms with Gasteiger partial charge in [0.2, 0.25) is 0 Å². The van der Waals surface area contributed by atoms with Crippen LogP contribution in [-0.4, -0.2) is 20.2 Å².